The summed E-state index contributed by atoms with van der Waals surface area (Å²) >= 11 is 9.15. The largest absolute Gasteiger partial charge is 0.494 e. The predicted molar refractivity (Wildman–Crippen MR) is 104 cm³/mol. The van der Waals surface area contributed by atoms with Gasteiger partial charge in [-0.25, -0.2) is 13.1 Å². The number of halogens is 2. The summed E-state index contributed by atoms with van der Waals surface area (Å²) in [6.45, 7) is 0.345. The first-order valence-corrected chi connectivity index (χ1v) is 10.3. The lowest BCUT2D eigenvalue weighted by Crippen LogP contribution is -2.30. The number of methoxy groups -OCH3 is 1. The van der Waals surface area contributed by atoms with Crippen molar-refractivity contribution >= 4 is 43.5 Å². The van der Waals surface area contributed by atoms with Crippen molar-refractivity contribution in [3.8, 4) is 5.75 Å². The summed E-state index contributed by atoms with van der Waals surface area (Å²) < 4.78 is 32.9. The van der Waals surface area contributed by atoms with Crippen LogP contribution in [0.3, 0.4) is 0 Å². The number of rotatable bonds is 8. The number of carbonyl (C=O) groups is 1. The van der Waals surface area contributed by atoms with Crippen LogP contribution in [0.2, 0.25) is 5.02 Å². The summed E-state index contributed by atoms with van der Waals surface area (Å²) in [7, 11) is -2.52. The van der Waals surface area contributed by atoms with Crippen molar-refractivity contribution in [2.75, 3.05) is 13.7 Å². The van der Waals surface area contributed by atoms with E-state index in [1.54, 1.807) is 0 Å². The lowest BCUT2D eigenvalue weighted by Gasteiger charge is -2.13. The Kier molecular flexibility index (Phi) is 7.45. The number of hydrogen-bond donors (Lipinski definition) is 2. The van der Waals surface area contributed by atoms with Gasteiger partial charge in [0.25, 0.3) is 0 Å². The van der Waals surface area contributed by atoms with Crippen molar-refractivity contribution in [2.45, 2.75) is 17.9 Å². The molecular formula is C17H18BrClN2O4S. The molecule has 0 aliphatic heterocycles. The van der Waals surface area contributed by atoms with E-state index in [1.807, 2.05) is 30.3 Å². The number of nitrogens with one attached hydrogen (secondary N) is 2. The number of amides is 1. The maximum atomic E-state index is 12.5. The number of ether oxygens (including phenoxy) is 1. The molecular weight excluding hydrogens is 444 g/mol. The van der Waals surface area contributed by atoms with E-state index in [0.717, 1.165) is 5.56 Å². The van der Waals surface area contributed by atoms with E-state index in [1.165, 1.54) is 19.2 Å². The predicted octanol–water partition coefficient (Wildman–Crippen LogP) is 3.10. The summed E-state index contributed by atoms with van der Waals surface area (Å²) in [5, 5.41) is 2.99. The smallest absolute Gasteiger partial charge is 0.244 e. The number of benzene rings is 2. The van der Waals surface area contributed by atoms with Crippen LogP contribution in [0.5, 0.6) is 5.75 Å². The summed E-state index contributed by atoms with van der Waals surface area (Å²) in [4.78, 5) is 11.8. The van der Waals surface area contributed by atoms with Crippen LogP contribution in [0.1, 0.15) is 12.0 Å². The van der Waals surface area contributed by atoms with Gasteiger partial charge in [0, 0.05) is 24.5 Å². The van der Waals surface area contributed by atoms with E-state index in [9.17, 15) is 13.2 Å². The first-order valence-electron chi connectivity index (χ1n) is 7.67. The zero-order valence-corrected chi connectivity index (χ0v) is 17.1. The SMILES string of the molecule is COc1c(Br)cc(Cl)cc1S(=O)(=O)NCCC(=O)NCc1ccccc1. The average molecular weight is 462 g/mol. The molecule has 0 heterocycles. The molecule has 0 bridgehead atoms. The van der Waals surface area contributed by atoms with Crippen LogP contribution >= 0.6 is 27.5 Å². The monoisotopic (exact) mass is 460 g/mol. The van der Waals surface area contributed by atoms with Crippen LogP contribution < -0.4 is 14.8 Å². The molecule has 140 valence electrons. The molecule has 0 aliphatic rings. The van der Waals surface area contributed by atoms with Gasteiger partial charge in [-0.2, -0.15) is 0 Å². The van der Waals surface area contributed by atoms with Gasteiger partial charge in [0.1, 0.15) is 4.90 Å². The van der Waals surface area contributed by atoms with Crippen LogP contribution in [0.4, 0.5) is 0 Å². The first-order chi connectivity index (χ1) is 12.3. The molecule has 26 heavy (non-hydrogen) atoms. The summed E-state index contributed by atoms with van der Waals surface area (Å²) in [5.41, 5.74) is 0.968. The Morgan fingerprint density at radius 1 is 1.23 bits per heavy atom. The highest BCUT2D eigenvalue weighted by Gasteiger charge is 2.22. The summed E-state index contributed by atoms with van der Waals surface area (Å²) in [6.07, 6.45) is 0.0100. The lowest BCUT2D eigenvalue weighted by atomic mass is 10.2. The highest BCUT2D eigenvalue weighted by molar-refractivity contribution is 9.10. The lowest BCUT2D eigenvalue weighted by molar-refractivity contribution is -0.121. The molecule has 0 aliphatic carbocycles. The van der Waals surface area contributed by atoms with Gasteiger partial charge < -0.3 is 10.1 Å². The fourth-order valence-electron chi connectivity index (χ4n) is 2.20. The Morgan fingerprint density at radius 3 is 2.58 bits per heavy atom. The molecule has 0 fully saturated rings. The molecule has 0 saturated heterocycles. The van der Waals surface area contributed by atoms with Crippen LogP contribution in [0, 0.1) is 0 Å². The van der Waals surface area contributed by atoms with Crippen molar-refractivity contribution in [3.63, 3.8) is 0 Å². The standard InChI is InChI=1S/C17H18BrClN2O4S/c1-25-17-14(18)9-13(19)10-15(17)26(23,24)21-8-7-16(22)20-11-12-5-3-2-4-6-12/h2-6,9-10,21H,7-8,11H2,1H3,(H,20,22). The molecule has 2 N–H and O–H groups in total. The van der Waals surface area contributed by atoms with E-state index in [4.69, 9.17) is 16.3 Å². The Hall–Kier alpha value is -1.61. The van der Waals surface area contributed by atoms with Gasteiger partial charge in [0.2, 0.25) is 15.9 Å². The highest BCUT2D eigenvalue weighted by atomic mass is 79.9. The van der Waals surface area contributed by atoms with E-state index < -0.39 is 10.0 Å². The van der Waals surface area contributed by atoms with Gasteiger partial charge >= 0.3 is 0 Å². The van der Waals surface area contributed by atoms with Crippen LogP contribution in [-0.2, 0) is 21.4 Å². The Balaban J connectivity index is 1.93. The Morgan fingerprint density at radius 2 is 1.92 bits per heavy atom. The van der Waals surface area contributed by atoms with Gasteiger partial charge in [-0.15, -0.1) is 0 Å². The van der Waals surface area contributed by atoms with Gasteiger partial charge in [0.05, 0.1) is 11.6 Å². The highest BCUT2D eigenvalue weighted by Crippen LogP contribution is 2.35. The van der Waals surface area contributed by atoms with Crippen molar-refractivity contribution in [1.82, 2.24) is 10.0 Å². The minimum atomic E-state index is -3.88. The van der Waals surface area contributed by atoms with E-state index in [-0.39, 0.29) is 34.5 Å². The zero-order valence-electron chi connectivity index (χ0n) is 14.0. The van der Waals surface area contributed by atoms with Crippen molar-refractivity contribution < 1.29 is 17.9 Å². The quantitative estimate of drug-likeness (QED) is 0.633. The summed E-state index contributed by atoms with van der Waals surface area (Å²) in [6, 6.07) is 12.3. The second kappa shape index (κ2) is 9.36. The third kappa shape index (κ3) is 5.70. The van der Waals surface area contributed by atoms with Gasteiger partial charge in [0.15, 0.2) is 5.75 Å². The minimum Gasteiger partial charge on any atom is -0.494 e. The molecule has 0 spiro atoms. The van der Waals surface area contributed by atoms with Crippen molar-refractivity contribution in [1.29, 1.82) is 0 Å². The Bertz CT molecular complexity index is 876. The van der Waals surface area contributed by atoms with Crippen LogP contribution in [-0.4, -0.2) is 28.0 Å². The normalized spacial score (nSPS) is 11.2. The molecule has 6 nitrogen and oxygen atoms in total. The molecule has 0 aromatic heterocycles. The third-order valence-corrected chi connectivity index (χ3v) is 5.72. The second-order valence-electron chi connectivity index (χ2n) is 5.33. The fraction of sp³-hybridized carbons (Fsp3) is 0.235. The number of carbonyl (C=O) groups excluding carboxylic acids is 1. The third-order valence-electron chi connectivity index (χ3n) is 3.44. The number of hydrogen-bond acceptors (Lipinski definition) is 4. The molecule has 2 rings (SSSR count). The van der Waals surface area contributed by atoms with E-state index in [2.05, 4.69) is 26.0 Å². The first kappa shape index (κ1) is 20.7. The maximum Gasteiger partial charge on any atom is 0.244 e. The molecule has 1 amide bonds. The topological polar surface area (TPSA) is 84.5 Å². The molecule has 0 unspecified atom stereocenters. The fourth-order valence-corrected chi connectivity index (χ4v) is 4.61. The molecule has 2 aromatic rings. The van der Waals surface area contributed by atoms with Crippen LogP contribution in [0.15, 0.2) is 51.8 Å². The zero-order chi connectivity index (χ0) is 19.2. The molecule has 0 saturated carbocycles. The average Bonchev–Trinajstić information content (AvgIpc) is 2.60. The molecule has 9 heteroatoms. The van der Waals surface area contributed by atoms with E-state index in [0.29, 0.717) is 11.0 Å². The summed E-state index contributed by atoms with van der Waals surface area (Å²) in [5.74, 6) is -0.105. The molecule has 0 radical (unpaired) electrons. The van der Waals surface area contributed by atoms with E-state index >= 15 is 0 Å². The van der Waals surface area contributed by atoms with Gasteiger partial charge in [-0.3, -0.25) is 4.79 Å². The van der Waals surface area contributed by atoms with Crippen LogP contribution in [0.25, 0.3) is 0 Å². The van der Waals surface area contributed by atoms with Crippen molar-refractivity contribution in [2.24, 2.45) is 0 Å². The van der Waals surface area contributed by atoms with Gasteiger partial charge in [-0.1, -0.05) is 41.9 Å². The maximum absolute atomic E-state index is 12.5. The minimum absolute atomic E-state index is 0.0100. The molecule has 2 aromatic carbocycles. The van der Waals surface area contributed by atoms with Crippen molar-refractivity contribution in [3.05, 3.63) is 57.5 Å². The molecule has 0 atom stereocenters. The number of sulfonamides is 1. The van der Waals surface area contributed by atoms with Gasteiger partial charge in [-0.05, 0) is 33.6 Å². The second-order valence-corrected chi connectivity index (χ2v) is 8.36. The Labute approximate surface area is 166 Å².